The minimum Gasteiger partial charge on any atom is -0.353 e. The molecule has 2 fully saturated rings. The smallest absolute Gasteiger partial charge is 0.242 e. The second-order valence-corrected chi connectivity index (χ2v) is 7.47. The molecule has 24 heavy (non-hydrogen) atoms. The second kappa shape index (κ2) is 8.39. The molecule has 1 saturated heterocycles. The van der Waals surface area contributed by atoms with E-state index in [1.54, 1.807) is 24.2 Å². The monoisotopic (exact) mass is 344 g/mol. The molecule has 0 spiro atoms. The number of fused-ring (bicyclic) bond motifs is 1. The average molecular weight is 344 g/mol. The molecule has 0 bridgehead atoms. The molecule has 1 N–H and O–H groups in total. The molecule has 6 heteroatoms. The Kier molecular flexibility index (Phi) is 5.97. The molecule has 0 unspecified atom stereocenters. The van der Waals surface area contributed by atoms with Gasteiger partial charge in [-0.05, 0) is 31.2 Å². The van der Waals surface area contributed by atoms with Crippen molar-refractivity contribution in [3.63, 3.8) is 0 Å². The first-order valence-corrected chi connectivity index (χ1v) is 9.81. The highest BCUT2D eigenvalue weighted by Crippen LogP contribution is 2.41. The molecule has 2 heterocycles. The van der Waals surface area contributed by atoms with Crippen molar-refractivity contribution in [2.45, 2.75) is 44.2 Å². The Bertz CT molecular complexity index is 588. The van der Waals surface area contributed by atoms with E-state index < -0.39 is 0 Å². The van der Waals surface area contributed by atoms with E-state index in [9.17, 15) is 4.79 Å². The van der Waals surface area contributed by atoms with Gasteiger partial charge in [-0.2, -0.15) is 0 Å². The summed E-state index contributed by atoms with van der Waals surface area (Å²) in [5.74, 6) is 5.49. The van der Waals surface area contributed by atoms with Crippen LogP contribution in [0.1, 0.15) is 32.1 Å². The number of hydrogen-bond donors (Lipinski definition) is 1. The summed E-state index contributed by atoms with van der Waals surface area (Å²) in [5.41, 5.74) is 0. The third kappa shape index (κ3) is 3.84. The lowest BCUT2D eigenvalue weighted by molar-refractivity contribution is -0.122. The molecule has 2 aliphatic rings. The summed E-state index contributed by atoms with van der Waals surface area (Å²) < 4.78 is 0. The van der Waals surface area contributed by atoms with Crippen LogP contribution >= 0.6 is 11.8 Å². The number of rotatable bonds is 6. The summed E-state index contributed by atoms with van der Waals surface area (Å²) in [6.07, 6.45) is 14.5. The zero-order chi connectivity index (χ0) is 16.8. The van der Waals surface area contributed by atoms with Crippen molar-refractivity contribution in [2.24, 2.45) is 5.92 Å². The van der Waals surface area contributed by atoms with Crippen LogP contribution in [-0.4, -0.2) is 46.0 Å². The minimum absolute atomic E-state index is 0.0955. The summed E-state index contributed by atoms with van der Waals surface area (Å²) in [6.45, 7) is 0.653. The fourth-order valence-electron chi connectivity index (χ4n) is 3.90. The Morgan fingerprint density at radius 1 is 1.38 bits per heavy atom. The van der Waals surface area contributed by atoms with Crippen LogP contribution in [0.3, 0.4) is 0 Å². The lowest BCUT2D eigenvalue weighted by Gasteiger charge is -2.33. The number of nitrogens with zero attached hydrogens (tertiary/aromatic N) is 3. The van der Waals surface area contributed by atoms with Crippen molar-refractivity contribution in [1.29, 1.82) is 0 Å². The molecule has 1 aromatic heterocycles. The topological polar surface area (TPSA) is 58.1 Å². The van der Waals surface area contributed by atoms with Crippen molar-refractivity contribution < 1.29 is 4.79 Å². The van der Waals surface area contributed by atoms with Crippen molar-refractivity contribution in [3.05, 3.63) is 18.5 Å². The fraction of sp³-hybridized carbons (Fsp3) is 0.611. The van der Waals surface area contributed by atoms with Crippen LogP contribution in [0.2, 0.25) is 0 Å². The summed E-state index contributed by atoms with van der Waals surface area (Å²) >= 11 is 1.67. The number of terminal acetylenes is 1. The van der Waals surface area contributed by atoms with E-state index in [2.05, 4.69) is 26.1 Å². The van der Waals surface area contributed by atoms with E-state index in [4.69, 9.17) is 6.42 Å². The number of nitrogens with one attached hydrogen (secondary N) is 1. The minimum atomic E-state index is -0.155. The van der Waals surface area contributed by atoms with Crippen LogP contribution < -0.4 is 10.2 Å². The number of thioether (sulfide) groups is 1. The first-order chi connectivity index (χ1) is 11.8. The van der Waals surface area contributed by atoms with Gasteiger partial charge in [0.1, 0.15) is 6.04 Å². The first-order valence-electron chi connectivity index (χ1n) is 8.65. The molecule has 3 atom stereocenters. The Labute approximate surface area is 148 Å². The van der Waals surface area contributed by atoms with Gasteiger partial charge in [0.2, 0.25) is 11.9 Å². The fourth-order valence-corrected chi connectivity index (χ4v) is 4.41. The van der Waals surface area contributed by atoms with Gasteiger partial charge in [0, 0.05) is 30.7 Å². The molecule has 1 aliphatic heterocycles. The first kappa shape index (κ1) is 17.1. The number of carbonyl (C=O) groups excluding carboxylic acids is 1. The van der Waals surface area contributed by atoms with Gasteiger partial charge >= 0.3 is 0 Å². The van der Waals surface area contributed by atoms with Gasteiger partial charge in [0.25, 0.3) is 0 Å². The largest absolute Gasteiger partial charge is 0.353 e. The van der Waals surface area contributed by atoms with Gasteiger partial charge in [-0.25, -0.2) is 9.97 Å². The van der Waals surface area contributed by atoms with Crippen LogP contribution in [-0.2, 0) is 4.79 Å². The van der Waals surface area contributed by atoms with Gasteiger partial charge in [-0.3, -0.25) is 4.79 Å². The van der Waals surface area contributed by atoms with Crippen molar-refractivity contribution >= 4 is 23.6 Å². The Morgan fingerprint density at radius 2 is 2.17 bits per heavy atom. The van der Waals surface area contributed by atoms with E-state index in [-0.39, 0.29) is 11.9 Å². The van der Waals surface area contributed by atoms with Gasteiger partial charge in [-0.1, -0.05) is 18.8 Å². The average Bonchev–Trinajstić information content (AvgIpc) is 3.02. The number of carbonyl (C=O) groups is 1. The molecular weight excluding hydrogens is 320 g/mol. The highest BCUT2D eigenvalue weighted by molar-refractivity contribution is 7.99. The quantitative estimate of drug-likeness (QED) is 0.633. The number of amides is 1. The van der Waals surface area contributed by atoms with Crippen LogP contribution in [0.4, 0.5) is 5.95 Å². The maximum absolute atomic E-state index is 12.7. The van der Waals surface area contributed by atoms with Crippen LogP contribution in [0, 0.1) is 18.3 Å². The van der Waals surface area contributed by atoms with Gasteiger partial charge in [0.05, 0.1) is 5.75 Å². The predicted molar refractivity (Wildman–Crippen MR) is 97.8 cm³/mol. The molecule has 1 amide bonds. The molecule has 0 aromatic carbocycles. The van der Waals surface area contributed by atoms with Gasteiger partial charge < -0.3 is 10.2 Å². The van der Waals surface area contributed by atoms with Gasteiger partial charge in [-0.15, -0.1) is 18.2 Å². The van der Waals surface area contributed by atoms with Crippen LogP contribution in [0.25, 0.3) is 0 Å². The Balaban J connectivity index is 1.68. The lowest BCUT2D eigenvalue weighted by atomic mass is 9.85. The SMILES string of the molecule is C#CCSCCNC(=O)[C@@H]1C[C@@H]2CCCC[C@H]2N1c1ncccn1. The molecule has 0 radical (unpaired) electrons. The molecule has 1 saturated carbocycles. The third-order valence-corrected chi connectivity index (χ3v) is 5.77. The molecule has 5 nitrogen and oxygen atoms in total. The van der Waals surface area contributed by atoms with Gasteiger partial charge in [0.15, 0.2) is 0 Å². The van der Waals surface area contributed by atoms with Crippen LogP contribution in [0.5, 0.6) is 0 Å². The van der Waals surface area contributed by atoms with Crippen molar-refractivity contribution in [3.8, 4) is 12.3 Å². The number of anilines is 1. The van der Waals surface area contributed by atoms with Crippen LogP contribution in [0.15, 0.2) is 18.5 Å². The van der Waals surface area contributed by atoms with E-state index in [0.717, 1.165) is 18.6 Å². The zero-order valence-electron chi connectivity index (χ0n) is 13.9. The molecular formula is C18H24N4OS. The highest BCUT2D eigenvalue weighted by Gasteiger charge is 2.46. The summed E-state index contributed by atoms with van der Waals surface area (Å²) in [4.78, 5) is 23.7. The molecule has 3 rings (SSSR count). The predicted octanol–water partition coefficient (Wildman–Crippen LogP) is 2.10. The van der Waals surface area contributed by atoms with E-state index >= 15 is 0 Å². The zero-order valence-corrected chi connectivity index (χ0v) is 14.7. The maximum atomic E-state index is 12.7. The number of aromatic nitrogens is 2. The van der Waals surface area contributed by atoms with E-state index in [1.807, 2.05) is 6.07 Å². The number of hydrogen-bond acceptors (Lipinski definition) is 5. The molecule has 128 valence electrons. The normalized spacial score (nSPS) is 25.8. The second-order valence-electron chi connectivity index (χ2n) is 6.37. The molecule has 1 aromatic rings. The Morgan fingerprint density at radius 3 is 2.96 bits per heavy atom. The molecule has 1 aliphatic carbocycles. The highest BCUT2D eigenvalue weighted by atomic mass is 32.2. The van der Waals surface area contributed by atoms with E-state index in [1.165, 1.54) is 19.3 Å². The van der Waals surface area contributed by atoms with Crippen molar-refractivity contribution in [1.82, 2.24) is 15.3 Å². The summed E-state index contributed by atoms with van der Waals surface area (Å²) in [5, 5.41) is 3.07. The standard InChI is InChI=1S/C18H24N4OS/c1-2-11-24-12-10-19-17(23)16-13-14-6-3-4-7-15(14)22(16)18-20-8-5-9-21-18/h1,5,8-9,14-16H,3-4,6-7,10-13H2,(H,19,23)/t14-,15+,16-/m0/s1. The maximum Gasteiger partial charge on any atom is 0.242 e. The van der Waals surface area contributed by atoms with E-state index in [0.29, 0.717) is 30.2 Å². The summed E-state index contributed by atoms with van der Waals surface area (Å²) in [7, 11) is 0. The lowest BCUT2D eigenvalue weighted by Crippen LogP contribution is -2.48. The third-order valence-electron chi connectivity index (χ3n) is 4.90. The Hall–Kier alpha value is -1.74. The van der Waals surface area contributed by atoms with Crippen molar-refractivity contribution in [2.75, 3.05) is 23.0 Å². The summed E-state index contributed by atoms with van der Waals surface area (Å²) in [6, 6.07) is 2.06.